The van der Waals surface area contributed by atoms with Gasteiger partial charge >= 0.3 is 0 Å². The first-order valence-corrected chi connectivity index (χ1v) is 6.63. The summed E-state index contributed by atoms with van der Waals surface area (Å²) < 4.78 is 5.20. The Morgan fingerprint density at radius 3 is 2.65 bits per heavy atom. The third kappa shape index (κ3) is 4.79. The van der Waals surface area contributed by atoms with Crippen LogP contribution in [0.3, 0.4) is 0 Å². The third-order valence-corrected chi connectivity index (χ3v) is 3.03. The Morgan fingerprint density at radius 1 is 1.45 bits per heavy atom. The predicted octanol–water partition coefficient (Wildman–Crippen LogP) is 2.10. The van der Waals surface area contributed by atoms with E-state index in [0.29, 0.717) is 23.8 Å². The van der Waals surface area contributed by atoms with E-state index in [1.165, 1.54) is 19.2 Å². The number of methoxy groups -OCH3 is 1. The Balaban J connectivity index is 2.79. The summed E-state index contributed by atoms with van der Waals surface area (Å²) in [5.41, 5.74) is 0.746. The van der Waals surface area contributed by atoms with Gasteiger partial charge < -0.3 is 15.2 Å². The fraction of sp³-hybridized carbons (Fsp3) is 0.571. The van der Waals surface area contributed by atoms with E-state index in [4.69, 9.17) is 4.74 Å². The minimum Gasteiger partial charge on any atom is -0.496 e. The molecule has 0 aromatic heterocycles. The number of rotatable bonds is 8. The maximum absolute atomic E-state index is 10.8. The van der Waals surface area contributed by atoms with E-state index >= 15 is 0 Å². The third-order valence-electron chi connectivity index (χ3n) is 3.03. The summed E-state index contributed by atoms with van der Waals surface area (Å²) in [6.07, 6.45) is 0.841. The minimum absolute atomic E-state index is 0.0287. The monoisotopic (exact) mass is 282 g/mol. The lowest BCUT2D eigenvalue weighted by atomic mass is 10.0. The number of nitrogens with one attached hydrogen (secondary N) is 1. The molecule has 1 rings (SSSR count). The molecule has 1 atom stereocenters. The number of nitro groups is 1. The molecule has 1 aromatic carbocycles. The molecule has 0 radical (unpaired) electrons. The lowest BCUT2D eigenvalue weighted by Gasteiger charge is -2.19. The van der Waals surface area contributed by atoms with Crippen molar-refractivity contribution in [3.63, 3.8) is 0 Å². The molecule has 0 bridgehead atoms. The number of aliphatic hydroxyl groups excluding tert-OH is 1. The average Bonchev–Trinajstić information content (AvgIpc) is 2.42. The second kappa shape index (κ2) is 7.81. The molecular formula is C14H22N2O4. The first kappa shape index (κ1) is 16.4. The summed E-state index contributed by atoms with van der Waals surface area (Å²) in [5.74, 6) is 1.07. The number of aliphatic hydroxyl groups is 1. The normalized spacial score (nSPS) is 12.4. The van der Waals surface area contributed by atoms with Crippen LogP contribution in [0.15, 0.2) is 18.2 Å². The van der Waals surface area contributed by atoms with E-state index in [1.54, 1.807) is 6.07 Å². The van der Waals surface area contributed by atoms with Crippen LogP contribution in [0.2, 0.25) is 0 Å². The number of benzene rings is 1. The molecule has 6 nitrogen and oxygen atoms in total. The summed E-state index contributed by atoms with van der Waals surface area (Å²) >= 11 is 0. The molecule has 6 heteroatoms. The topological polar surface area (TPSA) is 84.6 Å². The molecule has 1 aromatic rings. The van der Waals surface area contributed by atoms with Crippen LogP contribution < -0.4 is 10.1 Å². The van der Waals surface area contributed by atoms with Crippen LogP contribution in [0, 0.1) is 16.0 Å². The van der Waals surface area contributed by atoms with Crippen molar-refractivity contribution >= 4 is 5.69 Å². The number of hydrogen-bond acceptors (Lipinski definition) is 5. The Morgan fingerprint density at radius 2 is 2.15 bits per heavy atom. The zero-order chi connectivity index (χ0) is 15.1. The highest BCUT2D eigenvalue weighted by atomic mass is 16.6. The molecule has 0 aliphatic carbocycles. The second-order valence-electron chi connectivity index (χ2n) is 5.14. The molecule has 0 saturated carbocycles. The van der Waals surface area contributed by atoms with E-state index in [-0.39, 0.29) is 18.3 Å². The molecule has 0 aliphatic heterocycles. The van der Waals surface area contributed by atoms with Gasteiger partial charge in [-0.25, -0.2) is 0 Å². The van der Waals surface area contributed by atoms with Crippen LogP contribution in [0.25, 0.3) is 0 Å². The van der Waals surface area contributed by atoms with Crippen molar-refractivity contribution in [3.05, 3.63) is 33.9 Å². The molecular weight excluding hydrogens is 260 g/mol. The number of non-ortho nitro benzene ring substituents is 1. The van der Waals surface area contributed by atoms with Crippen LogP contribution in [-0.4, -0.2) is 29.8 Å². The Labute approximate surface area is 118 Å². The zero-order valence-corrected chi connectivity index (χ0v) is 12.1. The molecule has 0 aliphatic rings. The Hall–Kier alpha value is -1.66. The standard InChI is InChI=1S/C14H22N2O4/c1-10(2)6-12(9-17)15-8-11-7-13(16(18)19)4-5-14(11)20-3/h4-5,7,10,12,15,17H,6,8-9H2,1-3H3. The van der Waals surface area contributed by atoms with Crippen LogP contribution in [0.5, 0.6) is 5.75 Å². The lowest BCUT2D eigenvalue weighted by Crippen LogP contribution is -2.33. The molecule has 0 heterocycles. The maximum atomic E-state index is 10.8. The predicted molar refractivity (Wildman–Crippen MR) is 76.8 cm³/mol. The van der Waals surface area contributed by atoms with Gasteiger partial charge in [-0.3, -0.25) is 10.1 Å². The summed E-state index contributed by atoms with van der Waals surface area (Å²) in [6.45, 7) is 4.62. The van der Waals surface area contributed by atoms with Crippen LogP contribution >= 0.6 is 0 Å². The molecule has 0 amide bonds. The summed E-state index contributed by atoms with van der Waals surface area (Å²) in [7, 11) is 1.53. The number of nitrogens with zero attached hydrogens (tertiary/aromatic N) is 1. The van der Waals surface area contributed by atoms with Gasteiger partial charge in [0.05, 0.1) is 18.6 Å². The van der Waals surface area contributed by atoms with Crippen LogP contribution in [-0.2, 0) is 6.54 Å². The second-order valence-corrected chi connectivity index (χ2v) is 5.14. The molecule has 1 unspecified atom stereocenters. The smallest absolute Gasteiger partial charge is 0.270 e. The van der Waals surface area contributed by atoms with Gasteiger partial charge in [-0.1, -0.05) is 13.8 Å². The fourth-order valence-corrected chi connectivity index (χ4v) is 2.06. The van der Waals surface area contributed by atoms with E-state index in [9.17, 15) is 15.2 Å². The van der Waals surface area contributed by atoms with Gasteiger partial charge in [0.1, 0.15) is 5.75 Å². The van der Waals surface area contributed by atoms with Crippen molar-refractivity contribution in [2.24, 2.45) is 5.92 Å². The molecule has 2 N–H and O–H groups in total. The summed E-state index contributed by atoms with van der Waals surface area (Å²) in [6, 6.07) is 4.47. The zero-order valence-electron chi connectivity index (χ0n) is 12.1. The Bertz CT molecular complexity index is 449. The number of nitro benzene ring substituents is 1. The van der Waals surface area contributed by atoms with Crippen molar-refractivity contribution in [3.8, 4) is 5.75 Å². The van der Waals surface area contributed by atoms with Gasteiger partial charge in [-0.2, -0.15) is 0 Å². The van der Waals surface area contributed by atoms with Crippen molar-refractivity contribution in [1.82, 2.24) is 5.32 Å². The van der Waals surface area contributed by atoms with E-state index in [2.05, 4.69) is 19.2 Å². The first-order valence-electron chi connectivity index (χ1n) is 6.63. The fourth-order valence-electron chi connectivity index (χ4n) is 2.06. The first-order chi connectivity index (χ1) is 9.47. The summed E-state index contributed by atoms with van der Waals surface area (Å²) in [5, 5.41) is 23.3. The Kier molecular flexibility index (Phi) is 6.41. The number of ether oxygens (including phenoxy) is 1. The van der Waals surface area contributed by atoms with Crippen molar-refractivity contribution < 1.29 is 14.8 Å². The maximum Gasteiger partial charge on any atom is 0.270 e. The molecule has 0 fully saturated rings. The van der Waals surface area contributed by atoms with E-state index in [1.807, 2.05) is 0 Å². The van der Waals surface area contributed by atoms with E-state index in [0.717, 1.165) is 6.42 Å². The molecule has 112 valence electrons. The van der Waals surface area contributed by atoms with Crippen LogP contribution in [0.1, 0.15) is 25.8 Å². The van der Waals surface area contributed by atoms with Gasteiger partial charge in [0.25, 0.3) is 5.69 Å². The minimum atomic E-state index is -0.430. The highest BCUT2D eigenvalue weighted by molar-refractivity contribution is 5.43. The van der Waals surface area contributed by atoms with Crippen molar-refractivity contribution in [2.75, 3.05) is 13.7 Å². The van der Waals surface area contributed by atoms with Crippen LogP contribution in [0.4, 0.5) is 5.69 Å². The van der Waals surface area contributed by atoms with Gasteiger partial charge in [0.2, 0.25) is 0 Å². The molecule has 20 heavy (non-hydrogen) atoms. The average molecular weight is 282 g/mol. The quantitative estimate of drug-likeness (QED) is 0.563. The summed E-state index contributed by atoms with van der Waals surface area (Å²) in [4.78, 5) is 10.4. The van der Waals surface area contributed by atoms with Gasteiger partial charge in [-0.05, 0) is 18.4 Å². The highest BCUT2D eigenvalue weighted by Gasteiger charge is 2.14. The largest absolute Gasteiger partial charge is 0.496 e. The molecule has 0 spiro atoms. The van der Waals surface area contributed by atoms with Crippen molar-refractivity contribution in [1.29, 1.82) is 0 Å². The van der Waals surface area contributed by atoms with Gasteiger partial charge in [0.15, 0.2) is 0 Å². The van der Waals surface area contributed by atoms with Gasteiger partial charge in [0, 0.05) is 30.3 Å². The number of hydrogen-bond donors (Lipinski definition) is 2. The SMILES string of the molecule is COc1ccc([N+](=O)[O-])cc1CNC(CO)CC(C)C. The lowest BCUT2D eigenvalue weighted by molar-refractivity contribution is -0.384. The van der Waals surface area contributed by atoms with E-state index < -0.39 is 4.92 Å². The highest BCUT2D eigenvalue weighted by Crippen LogP contribution is 2.24. The van der Waals surface area contributed by atoms with Gasteiger partial charge in [-0.15, -0.1) is 0 Å². The molecule has 0 saturated heterocycles. The van der Waals surface area contributed by atoms with Crippen molar-refractivity contribution in [2.45, 2.75) is 32.9 Å².